The van der Waals surface area contributed by atoms with E-state index in [1.54, 1.807) is 4.90 Å². The highest BCUT2D eigenvalue weighted by Gasteiger charge is 2.36. The van der Waals surface area contributed by atoms with Gasteiger partial charge >= 0.3 is 6.18 Å². The molecule has 2 rings (SSSR count). The molecule has 1 aliphatic heterocycles. The number of aromatic nitrogens is 1. The van der Waals surface area contributed by atoms with Crippen LogP contribution >= 0.6 is 27.5 Å². The number of nitrogens with zero attached hydrogens (tertiary/aromatic N) is 3. The third kappa shape index (κ3) is 4.47. The topological polar surface area (TPSA) is 19.4 Å². The number of rotatable bonds is 3. The Kier molecular flexibility index (Phi) is 5.73. The standard InChI is InChI=1S/C13H16BrClF3N3/c14-10-8-11(13(16,17)18)12(19-9-10)21-4-1-3-20(5-2-15)6-7-21/h8-9H,1-7H2. The predicted molar refractivity (Wildman–Crippen MR) is 80.9 cm³/mol. The highest BCUT2D eigenvalue weighted by molar-refractivity contribution is 9.10. The van der Waals surface area contributed by atoms with Crippen molar-refractivity contribution in [3.63, 3.8) is 0 Å². The fourth-order valence-corrected chi connectivity index (χ4v) is 2.99. The Morgan fingerprint density at radius 3 is 2.67 bits per heavy atom. The molecule has 118 valence electrons. The maximum absolute atomic E-state index is 13.2. The van der Waals surface area contributed by atoms with E-state index in [4.69, 9.17) is 11.6 Å². The van der Waals surface area contributed by atoms with Crippen molar-refractivity contribution in [2.24, 2.45) is 0 Å². The van der Waals surface area contributed by atoms with Crippen molar-refractivity contribution in [2.75, 3.05) is 43.5 Å². The van der Waals surface area contributed by atoms with E-state index in [1.807, 2.05) is 0 Å². The molecule has 1 aromatic heterocycles. The Bertz CT molecular complexity index is 484. The summed E-state index contributed by atoms with van der Waals surface area (Å²) in [5.74, 6) is 0.545. The van der Waals surface area contributed by atoms with Gasteiger partial charge < -0.3 is 9.80 Å². The lowest BCUT2D eigenvalue weighted by molar-refractivity contribution is -0.137. The molecule has 1 aliphatic rings. The molecule has 2 heterocycles. The van der Waals surface area contributed by atoms with E-state index < -0.39 is 11.7 Å². The zero-order valence-corrected chi connectivity index (χ0v) is 13.7. The molecule has 0 unspecified atom stereocenters. The van der Waals surface area contributed by atoms with E-state index in [1.165, 1.54) is 6.20 Å². The second-order valence-corrected chi connectivity index (χ2v) is 6.19. The number of anilines is 1. The molecular weight excluding hydrogens is 371 g/mol. The van der Waals surface area contributed by atoms with E-state index in [9.17, 15) is 13.2 Å². The maximum atomic E-state index is 13.2. The summed E-state index contributed by atoms with van der Waals surface area (Å²) in [6.45, 7) is 3.39. The zero-order chi connectivity index (χ0) is 15.5. The summed E-state index contributed by atoms with van der Waals surface area (Å²) in [5.41, 5.74) is -0.692. The molecule has 0 aromatic carbocycles. The first-order valence-electron chi connectivity index (χ1n) is 6.68. The molecule has 21 heavy (non-hydrogen) atoms. The van der Waals surface area contributed by atoms with Gasteiger partial charge in [0.05, 0.1) is 5.56 Å². The molecule has 0 spiro atoms. The summed E-state index contributed by atoms with van der Waals surface area (Å²) in [7, 11) is 0. The van der Waals surface area contributed by atoms with Gasteiger partial charge in [0.15, 0.2) is 0 Å². The van der Waals surface area contributed by atoms with Crippen LogP contribution in [0.25, 0.3) is 0 Å². The van der Waals surface area contributed by atoms with Gasteiger partial charge in [-0.3, -0.25) is 0 Å². The second-order valence-electron chi connectivity index (χ2n) is 4.89. The highest BCUT2D eigenvalue weighted by Crippen LogP contribution is 2.37. The molecule has 3 nitrogen and oxygen atoms in total. The summed E-state index contributed by atoms with van der Waals surface area (Å²) in [5, 5.41) is 0. The smallest absolute Gasteiger partial charge is 0.355 e. The summed E-state index contributed by atoms with van der Waals surface area (Å²) in [6, 6.07) is 1.09. The summed E-state index contributed by atoms with van der Waals surface area (Å²) in [6.07, 6.45) is -2.20. The number of halogens is 5. The zero-order valence-electron chi connectivity index (χ0n) is 11.3. The van der Waals surface area contributed by atoms with Crippen LogP contribution in [-0.2, 0) is 6.18 Å². The Labute approximate surface area is 135 Å². The molecule has 0 aliphatic carbocycles. The average molecular weight is 387 g/mol. The molecule has 0 radical (unpaired) electrons. The quantitative estimate of drug-likeness (QED) is 0.740. The van der Waals surface area contributed by atoms with E-state index in [0.29, 0.717) is 30.0 Å². The van der Waals surface area contributed by atoms with E-state index in [2.05, 4.69) is 25.8 Å². The summed E-state index contributed by atoms with van der Waals surface area (Å²) < 4.78 is 39.8. The van der Waals surface area contributed by atoms with Crippen molar-refractivity contribution >= 4 is 33.3 Å². The van der Waals surface area contributed by atoms with Gasteiger partial charge in [-0.1, -0.05) is 0 Å². The van der Waals surface area contributed by atoms with Crippen molar-refractivity contribution < 1.29 is 13.2 Å². The van der Waals surface area contributed by atoms with Crippen LogP contribution in [-0.4, -0.2) is 48.5 Å². The molecule has 1 fully saturated rings. The van der Waals surface area contributed by atoms with Crippen molar-refractivity contribution in [1.82, 2.24) is 9.88 Å². The Hall–Kier alpha value is -0.530. The van der Waals surface area contributed by atoms with Gasteiger partial charge in [0.1, 0.15) is 5.82 Å². The largest absolute Gasteiger partial charge is 0.419 e. The number of pyridine rings is 1. The fourth-order valence-electron chi connectivity index (χ4n) is 2.42. The SMILES string of the molecule is FC(F)(F)c1cc(Br)cnc1N1CCCN(CCCl)CC1. The lowest BCUT2D eigenvalue weighted by atomic mass is 10.2. The fraction of sp³-hybridized carbons (Fsp3) is 0.615. The van der Waals surface area contributed by atoms with E-state index >= 15 is 0 Å². The second kappa shape index (κ2) is 7.15. The third-order valence-corrected chi connectivity index (χ3v) is 4.03. The van der Waals surface area contributed by atoms with Crippen LogP contribution in [0.3, 0.4) is 0 Å². The Balaban J connectivity index is 2.22. The van der Waals surface area contributed by atoms with Crippen LogP contribution in [0.5, 0.6) is 0 Å². The molecular formula is C13H16BrClF3N3. The number of alkyl halides is 4. The van der Waals surface area contributed by atoms with Gasteiger partial charge in [-0.2, -0.15) is 13.2 Å². The minimum Gasteiger partial charge on any atom is -0.355 e. The van der Waals surface area contributed by atoms with Crippen LogP contribution in [0.4, 0.5) is 19.0 Å². The molecule has 8 heteroatoms. The van der Waals surface area contributed by atoms with Crippen LogP contribution < -0.4 is 4.90 Å². The lowest BCUT2D eigenvalue weighted by Crippen LogP contribution is -2.33. The molecule has 0 atom stereocenters. The number of hydrogen-bond acceptors (Lipinski definition) is 3. The van der Waals surface area contributed by atoms with Gasteiger partial charge in [-0.05, 0) is 35.0 Å². The van der Waals surface area contributed by atoms with Gasteiger partial charge in [0.2, 0.25) is 0 Å². The molecule has 0 amide bonds. The monoisotopic (exact) mass is 385 g/mol. The first-order chi connectivity index (χ1) is 9.91. The molecule has 0 bridgehead atoms. The summed E-state index contributed by atoms with van der Waals surface area (Å²) in [4.78, 5) is 7.87. The van der Waals surface area contributed by atoms with Crippen molar-refractivity contribution in [2.45, 2.75) is 12.6 Å². The van der Waals surface area contributed by atoms with Crippen molar-refractivity contribution in [1.29, 1.82) is 0 Å². The molecule has 0 N–H and O–H groups in total. The average Bonchev–Trinajstić information content (AvgIpc) is 2.64. The highest BCUT2D eigenvalue weighted by atomic mass is 79.9. The van der Waals surface area contributed by atoms with Crippen LogP contribution in [0.2, 0.25) is 0 Å². The van der Waals surface area contributed by atoms with Crippen LogP contribution in [0.15, 0.2) is 16.7 Å². The van der Waals surface area contributed by atoms with Crippen LogP contribution in [0.1, 0.15) is 12.0 Å². The predicted octanol–water partition coefficient (Wildman–Crippen LogP) is 3.61. The summed E-state index contributed by atoms with van der Waals surface area (Å²) >= 11 is 8.78. The van der Waals surface area contributed by atoms with Gasteiger partial charge in [0, 0.05) is 42.7 Å². The first kappa shape index (κ1) is 16.8. The first-order valence-corrected chi connectivity index (χ1v) is 8.00. The van der Waals surface area contributed by atoms with E-state index in [0.717, 1.165) is 25.6 Å². The van der Waals surface area contributed by atoms with Gasteiger partial charge in [0.25, 0.3) is 0 Å². The molecule has 1 saturated heterocycles. The minimum atomic E-state index is -4.41. The Morgan fingerprint density at radius 1 is 1.24 bits per heavy atom. The van der Waals surface area contributed by atoms with Gasteiger partial charge in [-0.15, -0.1) is 11.6 Å². The normalized spacial score (nSPS) is 17.9. The van der Waals surface area contributed by atoms with Crippen LogP contribution in [0, 0.1) is 0 Å². The van der Waals surface area contributed by atoms with Crippen molar-refractivity contribution in [3.05, 3.63) is 22.3 Å². The maximum Gasteiger partial charge on any atom is 0.419 e. The Morgan fingerprint density at radius 2 is 2.00 bits per heavy atom. The third-order valence-electron chi connectivity index (χ3n) is 3.43. The number of hydrogen-bond donors (Lipinski definition) is 0. The molecule has 1 aromatic rings. The lowest BCUT2D eigenvalue weighted by Gasteiger charge is -2.25. The van der Waals surface area contributed by atoms with Crippen molar-refractivity contribution in [3.8, 4) is 0 Å². The minimum absolute atomic E-state index is 0.0124. The van der Waals surface area contributed by atoms with Gasteiger partial charge in [-0.25, -0.2) is 4.98 Å². The molecule has 0 saturated carbocycles. The van der Waals surface area contributed by atoms with E-state index in [-0.39, 0.29) is 5.82 Å².